The summed E-state index contributed by atoms with van der Waals surface area (Å²) in [6.07, 6.45) is 9.37. The lowest BCUT2D eigenvalue weighted by atomic mass is 9.85. The second kappa shape index (κ2) is 27.5. The van der Waals surface area contributed by atoms with Crippen LogP contribution >= 0.6 is 7.82 Å². The number of unbranched alkanes of at least 4 members (excludes halogenated alkanes) is 18. The SMILES string of the molecule is CCCCCCCCCCCCCCCCC(=O)OC(COC(=O)CCCCCCCC)COP(=O)(O)OC1C(O)C(O)C(O)C(O)C1O. The maximum Gasteiger partial charge on any atom is 0.472 e. The first kappa shape index (κ1) is 45.9. The first-order valence-electron chi connectivity index (χ1n) is 18.8. The molecule has 1 rings (SSSR count). The molecule has 6 N–H and O–H groups in total. The smallest absolute Gasteiger partial charge is 0.462 e. The van der Waals surface area contributed by atoms with E-state index in [0.29, 0.717) is 12.8 Å². The molecule has 13 nitrogen and oxygen atoms in total. The number of phosphoric ester groups is 1. The van der Waals surface area contributed by atoms with Gasteiger partial charge in [0.25, 0.3) is 0 Å². The predicted molar refractivity (Wildman–Crippen MR) is 184 cm³/mol. The summed E-state index contributed by atoms with van der Waals surface area (Å²) in [5.41, 5.74) is 0. The lowest BCUT2D eigenvalue weighted by Crippen LogP contribution is -2.64. The van der Waals surface area contributed by atoms with Crippen molar-refractivity contribution >= 4 is 19.8 Å². The maximum absolute atomic E-state index is 12.7. The fourth-order valence-electron chi connectivity index (χ4n) is 5.82. The number of aliphatic hydroxyl groups excluding tert-OH is 5. The Morgan fingerprint density at radius 2 is 0.918 bits per heavy atom. The minimum Gasteiger partial charge on any atom is -0.462 e. The Morgan fingerprint density at radius 1 is 0.551 bits per heavy atom. The van der Waals surface area contributed by atoms with Gasteiger partial charge in [-0.25, -0.2) is 4.57 Å². The second-order valence-corrected chi connectivity index (χ2v) is 14.9. The zero-order chi connectivity index (χ0) is 36.5. The number of hydrogen-bond acceptors (Lipinski definition) is 12. The minimum absolute atomic E-state index is 0.103. The van der Waals surface area contributed by atoms with Crippen molar-refractivity contribution in [2.75, 3.05) is 13.2 Å². The second-order valence-electron chi connectivity index (χ2n) is 13.4. The monoisotopic (exact) mass is 726 g/mol. The van der Waals surface area contributed by atoms with E-state index in [0.717, 1.165) is 51.4 Å². The third-order valence-electron chi connectivity index (χ3n) is 8.95. The van der Waals surface area contributed by atoms with E-state index in [1.54, 1.807) is 0 Å². The number of hydrogen-bond donors (Lipinski definition) is 6. The Hall–Kier alpha value is -1.15. The largest absolute Gasteiger partial charge is 0.472 e. The number of esters is 2. The topological polar surface area (TPSA) is 210 Å². The van der Waals surface area contributed by atoms with Crippen molar-refractivity contribution in [3.05, 3.63) is 0 Å². The van der Waals surface area contributed by atoms with Crippen LogP contribution in [-0.2, 0) is 32.7 Å². The summed E-state index contributed by atoms with van der Waals surface area (Å²) in [7, 11) is -5.09. The van der Waals surface area contributed by atoms with Crippen molar-refractivity contribution in [1.29, 1.82) is 0 Å². The Balaban J connectivity index is 2.51. The number of rotatable bonds is 30. The molecule has 1 aliphatic rings. The van der Waals surface area contributed by atoms with E-state index in [1.165, 1.54) is 64.2 Å². The summed E-state index contributed by atoms with van der Waals surface area (Å²) in [4.78, 5) is 35.2. The fourth-order valence-corrected chi connectivity index (χ4v) is 6.79. The highest BCUT2D eigenvalue weighted by atomic mass is 31.2. The van der Waals surface area contributed by atoms with E-state index in [4.69, 9.17) is 18.5 Å². The normalized spacial score (nSPS) is 24.3. The molecule has 0 spiro atoms. The number of phosphoric acid groups is 1. The molecule has 1 aliphatic carbocycles. The van der Waals surface area contributed by atoms with Crippen LogP contribution in [0.4, 0.5) is 0 Å². The molecular weight excluding hydrogens is 659 g/mol. The van der Waals surface area contributed by atoms with Gasteiger partial charge in [-0.05, 0) is 12.8 Å². The highest BCUT2D eigenvalue weighted by Gasteiger charge is 2.51. The molecule has 0 aliphatic heterocycles. The van der Waals surface area contributed by atoms with Gasteiger partial charge in [-0.15, -0.1) is 0 Å². The molecule has 6 atom stereocenters. The van der Waals surface area contributed by atoms with E-state index in [9.17, 15) is 44.6 Å². The summed E-state index contributed by atoms with van der Waals surface area (Å²) >= 11 is 0. The lowest BCUT2D eigenvalue weighted by molar-refractivity contribution is -0.220. The van der Waals surface area contributed by atoms with Crippen molar-refractivity contribution in [2.24, 2.45) is 0 Å². The van der Waals surface area contributed by atoms with E-state index in [2.05, 4.69) is 13.8 Å². The highest BCUT2D eigenvalue weighted by Crippen LogP contribution is 2.47. The number of ether oxygens (including phenoxy) is 2. The van der Waals surface area contributed by atoms with Crippen LogP contribution in [0.1, 0.15) is 155 Å². The van der Waals surface area contributed by atoms with Gasteiger partial charge in [0, 0.05) is 12.8 Å². The van der Waals surface area contributed by atoms with Gasteiger partial charge >= 0.3 is 19.8 Å². The van der Waals surface area contributed by atoms with Crippen LogP contribution in [-0.4, -0.2) is 98.3 Å². The van der Waals surface area contributed by atoms with E-state index in [1.807, 2.05) is 0 Å². The molecule has 1 fully saturated rings. The number of carbonyl (C=O) groups excluding carboxylic acids is 2. The molecule has 0 heterocycles. The molecule has 6 unspecified atom stereocenters. The Labute approximate surface area is 293 Å². The third-order valence-corrected chi connectivity index (χ3v) is 9.93. The van der Waals surface area contributed by atoms with Crippen LogP contribution in [0.3, 0.4) is 0 Å². The Morgan fingerprint density at radius 3 is 1.35 bits per heavy atom. The van der Waals surface area contributed by atoms with Crippen LogP contribution in [0.15, 0.2) is 0 Å². The fraction of sp³-hybridized carbons (Fsp3) is 0.943. The van der Waals surface area contributed by atoms with Crippen LogP contribution in [0.25, 0.3) is 0 Å². The molecule has 0 aromatic carbocycles. The quantitative estimate of drug-likeness (QED) is 0.0312. The van der Waals surface area contributed by atoms with Gasteiger partial charge in [0.15, 0.2) is 6.10 Å². The van der Waals surface area contributed by atoms with Crippen LogP contribution in [0.5, 0.6) is 0 Å². The van der Waals surface area contributed by atoms with Crippen LogP contribution in [0, 0.1) is 0 Å². The van der Waals surface area contributed by atoms with Crippen molar-refractivity contribution in [3.63, 3.8) is 0 Å². The minimum atomic E-state index is -5.09. The van der Waals surface area contributed by atoms with E-state index < -0.39 is 75.7 Å². The molecule has 1 saturated carbocycles. The molecule has 14 heteroatoms. The van der Waals surface area contributed by atoms with Gasteiger partial charge in [0.05, 0.1) is 6.61 Å². The van der Waals surface area contributed by atoms with Gasteiger partial charge < -0.3 is 39.9 Å². The Bertz CT molecular complexity index is 891. The number of aliphatic hydroxyl groups is 5. The van der Waals surface area contributed by atoms with Crippen LogP contribution < -0.4 is 0 Å². The summed E-state index contributed by atoms with van der Waals surface area (Å²) in [6, 6.07) is 0. The molecule has 0 aromatic heterocycles. The summed E-state index contributed by atoms with van der Waals surface area (Å²) in [6.45, 7) is 3.19. The molecule has 0 saturated heterocycles. The van der Waals surface area contributed by atoms with E-state index >= 15 is 0 Å². The van der Waals surface area contributed by atoms with Crippen molar-refractivity contribution in [2.45, 2.75) is 198 Å². The molecule has 0 radical (unpaired) electrons. The van der Waals surface area contributed by atoms with E-state index in [-0.39, 0.29) is 12.8 Å². The van der Waals surface area contributed by atoms with Gasteiger partial charge in [-0.3, -0.25) is 18.6 Å². The molecule has 0 bridgehead atoms. The van der Waals surface area contributed by atoms with Crippen molar-refractivity contribution in [1.82, 2.24) is 0 Å². The van der Waals surface area contributed by atoms with Gasteiger partial charge in [-0.1, -0.05) is 129 Å². The number of carbonyl (C=O) groups is 2. The lowest BCUT2D eigenvalue weighted by Gasteiger charge is -2.41. The molecule has 290 valence electrons. The van der Waals surface area contributed by atoms with Gasteiger partial charge in [-0.2, -0.15) is 0 Å². The zero-order valence-corrected chi connectivity index (χ0v) is 30.9. The molecule has 0 aromatic rings. The maximum atomic E-state index is 12.7. The summed E-state index contributed by atoms with van der Waals surface area (Å²) < 4.78 is 33.2. The molecular formula is C35H67O13P. The average Bonchev–Trinajstić information content (AvgIpc) is 3.07. The molecule has 49 heavy (non-hydrogen) atoms. The predicted octanol–water partition coefficient (Wildman–Crippen LogP) is 5.38. The summed E-state index contributed by atoms with van der Waals surface area (Å²) in [5, 5.41) is 49.8. The highest BCUT2D eigenvalue weighted by molar-refractivity contribution is 7.47. The molecule has 0 amide bonds. The van der Waals surface area contributed by atoms with Crippen LogP contribution in [0.2, 0.25) is 0 Å². The third kappa shape index (κ3) is 21.1. The Kier molecular flexibility index (Phi) is 25.7. The van der Waals surface area contributed by atoms with Gasteiger partial charge in [0.2, 0.25) is 0 Å². The first-order chi connectivity index (χ1) is 23.4. The van der Waals surface area contributed by atoms with Gasteiger partial charge in [0.1, 0.15) is 43.2 Å². The van der Waals surface area contributed by atoms with Crippen molar-refractivity contribution in [3.8, 4) is 0 Å². The summed E-state index contributed by atoms with van der Waals surface area (Å²) in [5.74, 6) is -1.10. The standard InChI is InChI=1S/C35H67O13P/c1-3-5-7-9-11-12-13-14-15-16-17-18-20-22-24-29(37)47-27(25-45-28(36)23-21-19-10-8-6-4-2)26-46-49(43,44)48-35-33(41)31(39)30(38)32(40)34(35)42/h27,30-35,38-42H,3-26H2,1-2H3,(H,43,44). The zero-order valence-electron chi connectivity index (χ0n) is 30.0. The first-order valence-corrected chi connectivity index (χ1v) is 20.3. The average molecular weight is 727 g/mol. The van der Waals surface area contributed by atoms with Crippen molar-refractivity contribution < 1.29 is 63.1 Å².